The van der Waals surface area contributed by atoms with Crippen molar-refractivity contribution in [3.05, 3.63) is 0 Å². The van der Waals surface area contributed by atoms with Crippen molar-refractivity contribution in [2.24, 2.45) is 0 Å². The van der Waals surface area contributed by atoms with Crippen molar-refractivity contribution < 1.29 is 24.0 Å². The summed E-state index contributed by atoms with van der Waals surface area (Å²) >= 11 is 4.14. The Morgan fingerprint density at radius 1 is 1.83 bits per heavy atom. The summed E-state index contributed by atoms with van der Waals surface area (Å²) in [5, 5.41) is 9.47. The van der Waals surface area contributed by atoms with E-state index in [2.05, 4.69) is 12.2 Å². The van der Waals surface area contributed by atoms with E-state index in [0.29, 0.717) is 6.42 Å². The summed E-state index contributed by atoms with van der Waals surface area (Å²) in [6, 6.07) is 0. The van der Waals surface area contributed by atoms with Crippen LogP contribution in [0.3, 0.4) is 0 Å². The molecule has 0 amide bonds. The zero-order valence-electron chi connectivity index (χ0n) is 4.02. The quantitative estimate of drug-likeness (QED) is 0.258. The first kappa shape index (κ1) is 9.70. The first-order valence-corrected chi connectivity index (χ1v) is 1.88. The Morgan fingerprint density at radius 2 is 2.00 bits per heavy atom. The summed E-state index contributed by atoms with van der Waals surface area (Å²) in [5.41, 5.74) is 0. The summed E-state index contributed by atoms with van der Waals surface area (Å²) in [6.45, 7) is 1.75. The van der Waals surface area contributed by atoms with E-state index in [1.807, 2.05) is 0 Å². The SMILES string of the molecule is CCC([O-])=S.[Li+]. The van der Waals surface area contributed by atoms with Crippen LogP contribution in [0.4, 0.5) is 0 Å². The first-order valence-electron chi connectivity index (χ1n) is 1.47. The second-order valence-corrected chi connectivity index (χ2v) is 1.18. The van der Waals surface area contributed by atoms with Crippen LogP contribution in [0.5, 0.6) is 0 Å². The molecule has 6 heavy (non-hydrogen) atoms. The second-order valence-electron chi connectivity index (χ2n) is 0.726. The van der Waals surface area contributed by atoms with E-state index in [-0.39, 0.29) is 23.9 Å². The zero-order chi connectivity index (χ0) is 4.28. The van der Waals surface area contributed by atoms with Crippen molar-refractivity contribution in [2.75, 3.05) is 0 Å². The van der Waals surface area contributed by atoms with Gasteiger partial charge in [-0.3, -0.25) is 0 Å². The molecule has 0 aliphatic heterocycles. The molecular weight excluding hydrogens is 91.0 g/mol. The Bertz CT molecular complexity index is 46.1. The molecule has 0 heterocycles. The predicted molar refractivity (Wildman–Crippen MR) is 22.9 cm³/mol. The normalized spacial score (nSPS) is 6.17. The molecule has 30 valence electrons. The molecule has 0 rings (SSSR count). The molecular formula is C3H5LiOS. The number of hydrogen-bond acceptors (Lipinski definition) is 2. The predicted octanol–water partition coefficient (Wildman–Crippen LogP) is -2.91. The monoisotopic (exact) mass is 96.0 g/mol. The van der Waals surface area contributed by atoms with E-state index in [4.69, 9.17) is 0 Å². The molecule has 0 aromatic carbocycles. The molecule has 0 N–H and O–H groups in total. The first-order chi connectivity index (χ1) is 2.27. The molecule has 0 fully saturated rings. The van der Waals surface area contributed by atoms with E-state index in [1.54, 1.807) is 6.92 Å². The van der Waals surface area contributed by atoms with Gasteiger partial charge in [-0.25, -0.2) is 0 Å². The van der Waals surface area contributed by atoms with Crippen molar-refractivity contribution in [2.45, 2.75) is 13.3 Å². The van der Waals surface area contributed by atoms with Crippen molar-refractivity contribution in [3.8, 4) is 0 Å². The van der Waals surface area contributed by atoms with Crippen molar-refractivity contribution in [1.29, 1.82) is 0 Å². The largest absolute Gasteiger partial charge is 1.00 e. The smallest absolute Gasteiger partial charge is 0.867 e. The number of rotatable bonds is 1. The minimum absolute atomic E-state index is 0. The average Bonchev–Trinajstić information content (AvgIpc) is 1.38. The average molecular weight is 96.1 g/mol. The zero-order valence-corrected chi connectivity index (χ0v) is 4.84. The molecule has 0 saturated carbocycles. The van der Waals surface area contributed by atoms with Gasteiger partial charge in [0.25, 0.3) is 0 Å². The maximum Gasteiger partial charge on any atom is 1.00 e. The molecule has 0 unspecified atom stereocenters. The molecule has 0 aromatic heterocycles. The molecule has 0 aliphatic rings. The van der Waals surface area contributed by atoms with Crippen molar-refractivity contribution in [3.63, 3.8) is 0 Å². The third-order valence-corrected chi connectivity index (χ3v) is 0.577. The summed E-state index contributed by atoms with van der Waals surface area (Å²) in [5.74, 6) is 0. The van der Waals surface area contributed by atoms with Crippen LogP contribution in [-0.2, 0) is 0 Å². The molecule has 0 spiro atoms. The van der Waals surface area contributed by atoms with Gasteiger partial charge in [-0.2, -0.15) is 0 Å². The van der Waals surface area contributed by atoms with Crippen LogP contribution in [0, 0.1) is 0 Å². The van der Waals surface area contributed by atoms with Gasteiger partial charge in [-0.15, -0.1) is 12.2 Å². The fraction of sp³-hybridized carbons (Fsp3) is 0.667. The van der Waals surface area contributed by atoms with Crippen LogP contribution >= 0.6 is 12.2 Å². The van der Waals surface area contributed by atoms with Gasteiger partial charge < -0.3 is 5.11 Å². The summed E-state index contributed by atoms with van der Waals surface area (Å²) < 4.78 is 0. The van der Waals surface area contributed by atoms with Gasteiger partial charge in [0.05, 0.1) is 0 Å². The van der Waals surface area contributed by atoms with Gasteiger partial charge in [0, 0.05) is 0 Å². The van der Waals surface area contributed by atoms with Crippen LogP contribution < -0.4 is 24.0 Å². The second kappa shape index (κ2) is 5.49. The third kappa shape index (κ3) is 8.82. The molecule has 0 bridgehead atoms. The van der Waals surface area contributed by atoms with E-state index in [9.17, 15) is 5.11 Å². The van der Waals surface area contributed by atoms with Gasteiger partial charge in [0.1, 0.15) is 0 Å². The van der Waals surface area contributed by atoms with E-state index >= 15 is 0 Å². The van der Waals surface area contributed by atoms with Crippen molar-refractivity contribution >= 4 is 17.3 Å². The molecule has 0 aliphatic carbocycles. The molecule has 0 aromatic rings. The maximum absolute atomic E-state index is 9.63. The minimum Gasteiger partial charge on any atom is -0.867 e. The molecule has 1 nitrogen and oxygen atoms in total. The fourth-order valence-electron chi connectivity index (χ4n) is 0. The molecule has 3 heteroatoms. The van der Waals surface area contributed by atoms with Gasteiger partial charge in [0.15, 0.2) is 0 Å². The van der Waals surface area contributed by atoms with Crippen LogP contribution in [0.2, 0.25) is 0 Å². The number of hydrogen-bond donors (Lipinski definition) is 0. The van der Waals surface area contributed by atoms with E-state index in [0.717, 1.165) is 0 Å². The minimum atomic E-state index is -0.162. The van der Waals surface area contributed by atoms with Crippen molar-refractivity contribution in [1.82, 2.24) is 0 Å². The van der Waals surface area contributed by atoms with Gasteiger partial charge >= 0.3 is 18.9 Å². The summed E-state index contributed by atoms with van der Waals surface area (Å²) in [4.78, 5) is 0. The topological polar surface area (TPSA) is 23.1 Å². The fourth-order valence-corrected chi connectivity index (χ4v) is 0. The maximum atomic E-state index is 9.63. The van der Waals surface area contributed by atoms with E-state index in [1.165, 1.54) is 0 Å². The molecule has 0 atom stereocenters. The van der Waals surface area contributed by atoms with Crippen LogP contribution in [0.15, 0.2) is 0 Å². The van der Waals surface area contributed by atoms with Crippen LogP contribution in [0.25, 0.3) is 0 Å². The Labute approximate surface area is 54.9 Å². The summed E-state index contributed by atoms with van der Waals surface area (Å²) in [6.07, 6.45) is 0.481. The van der Waals surface area contributed by atoms with Gasteiger partial charge in [-0.1, -0.05) is 12.0 Å². The third-order valence-electron chi connectivity index (χ3n) is 0.289. The Balaban J connectivity index is 0. The molecule has 0 radical (unpaired) electrons. The van der Waals surface area contributed by atoms with Gasteiger partial charge in [-0.05, 0) is 6.42 Å². The Morgan fingerprint density at radius 3 is 2.00 bits per heavy atom. The Kier molecular flexibility index (Phi) is 8.87. The van der Waals surface area contributed by atoms with Crippen LogP contribution in [0.1, 0.15) is 13.3 Å². The van der Waals surface area contributed by atoms with Gasteiger partial charge in [0.2, 0.25) is 0 Å². The molecule has 0 saturated heterocycles. The van der Waals surface area contributed by atoms with E-state index < -0.39 is 0 Å². The van der Waals surface area contributed by atoms with Crippen LogP contribution in [-0.4, -0.2) is 5.05 Å². The summed E-state index contributed by atoms with van der Waals surface area (Å²) in [7, 11) is 0. The number of thiocarbonyl (C=S) groups is 1. The standard InChI is InChI=1S/C3H6OS.Li/c1-2-3(4)5;/h2H2,1H3,(H,4,5);/q;+1/p-1. The Hall–Kier alpha value is 0.487.